The molecule has 0 atom stereocenters. The van der Waals surface area contributed by atoms with Crippen LogP contribution in [-0.2, 0) is 0 Å². The van der Waals surface area contributed by atoms with E-state index >= 15 is 0 Å². The van der Waals surface area contributed by atoms with Crippen LogP contribution in [0.25, 0.3) is 11.0 Å². The lowest BCUT2D eigenvalue weighted by molar-refractivity contribution is 0.959. The van der Waals surface area contributed by atoms with Gasteiger partial charge in [0.15, 0.2) is 0 Å². The molecular formula is C6H4N4O. The molecule has 54 valence electrons. The zero-order valence-corrected chi connectivity index (χ0v) is 5.48. The summed E-state index contributed by atoms with van der Waals surface area (Å²) in [6, 6.07) is 5.06. The van der Waals surface area contributed by atoms with E-state index in [0.29, 0.717) is 16.7 Å². The SMILES string of the molecule is O=Nc1cccc2n[nH]nc12. The van der Waals surface area contributed by atoms with E-state index in [1.54, 1.807) is 18.2 Å². The molecule has 0 bridgehead atoms. The van der Waals surface area contributed by atoms with Crippen LogP contribution < -0.4 is 0 Å². The lowest BCUT2D eigenvalue weighted by Crippen LogP contribution is -1.68. The topological polar surface area (TPSA) is 71.0 Å². The van der Waals surface area contributed by atoms with E-state index in [1.165, 1.54) is 0 Å². The fraction of sp³-hybridized carbons (Fsp3) is 0. The maximum absolute atomic E-state index is 10.2. The monoisotopic (exact) mass is 148 g/mol. The molecule has 0 radical (unpaired) electrons. The highest BCUT2D eigenvalue weighted by molar-refractivity contribution is 5.85. The van der Waals surface area contributed by atoms with Gasteiger partial charge in [-0.25, -0.2) is 0 Å². The van der Waals surface area contributed by atoms with Crippen molar-refractivity contribution in [1.29, 1.82) is 0 Å². The van der Waals surface area contributed by atoms with Crippen molar-refractivity contribution in [3.05, 3.63) is 23.1 Å². The lowest BCUT2D eigenvalue weighted by atomic mass is 10.3. The van der Waals surface area contributed by atoms with Crippen LogP contribution in [0.15, 0.2) is 23.4 Å². The Morgan fingerprint density at radius 2 is 2.27 bits per heavy atom. The van der Waals surface area contributed by atoms with E-state index in [4.69, 9.17) is 0 Å². The molecule has 0 fully saturated rings. The fourth-order valence-electron chi connectivity index (χ4n) is 0.927. The molecule has 0 aliphatic rings. The summed E-state index contributed by atoms with van der Waals surface area (Å²) < 4.78 is 0. The quantitative estimate of drug-likeness (QED) is 0.620. The van der Waals surface area contributed by atoms with Crippen LogP contribution in [0.2, 0.25) is 0 Å². The highest BCUT2D eigenvalue weighted by Crippen LogP contribution is 2.20. The third-order valence-electron chi connectivity index (χ3n) is 1.42. The average molecular weight is 148 g/mol. The molecule has 0 unspecified atom stereocenters. The molecule has 0 saturated heterocycles. The number of aromatic nitrogens is 3. The van der Waals surface area contributed by atoms with Gasteiger partial charge in [-0.05, 0) is 17.3 Å². The summed E-state index contributed by atoms with van der Waals surface area (Å²) in [4.78, 5) is 10.2. The van der Waals surface area contributed by atoms with Crippen LogP contribution in [0.5, 0.6) is 0 Å². The Labute approximate surface area is 61.4 Å². The maximum Gasteiger partial charge on any atom is 0.142 e. The molecule has 2 aromatic rings. The van der Waals surface area contributed by atoms with Gasteiger partial charge in [-0.3, -0.25) is 0 Å². The number of H-pyrrole nitrogens is 1. The Hall–Kier alpha value is -1.78. The van der Waals surface area contributed by atoms with Crippen molar-refractivity contribution in [1.82, 2.24) is 15.4 Å². The molecule has 1 heterocycles. The Morgan fingerprint density at radius 3 is 3.09 bits per heavy atom. The number of nitrogens with zero attached hydrogens (tertiary/aromatic N) is 3. The fourth-order valence-corrected chi connectivity index (χ4v) is 0.927. The van der Waals surface area contributed by atoms with E-state index in [9.17, 15) is 4.91 Å². The Kier molecular flexibility index (Phi) is 1.15. The molecule has 1 aromatic carbocycles. The van der Waals surface area contributed by atoms with E-state index in [-0.39, 0.29) is 0 Å². The third kappa shape index (κ3) is 0.778. The predicted molar refractivity (Wildman–Crippen MR) is 39.3 cm³/mol. The highest BCUT2D eigenvalue weighted by Gasteiger charge is 2.02. The third-order valence-corrected chi connectivity index (χ3v) is 1.42. The number of fused-ring (bicyclic) bond motifs is 1. The van der Waals surface area contributed by atoms with Crippen LogP contribution >= 0.6 is 0 Å². The van der Waals surface area contributed by atoms with E-state index in [0.717, 1.165) is 0 Å². The van der Waals surface area contributed by atoms with Crippen molar-refractivity contribution >= 4 is 16.7 Å². The molecule has 5 nitrogen and oxygen atoms in total. The van der Waals surface area contributed by atoms with Crippen molar-refractivity contribution in [3.8, 4) is 0 Å². The van der Waals surface area contributed by atoms with Crippen molar-refractivity contribution in [2.75, 3.05) is 0 Å². The van der Waals surface area contributed by atoms with Crippen LogP contribution in [-0.4, -0.2) is 15.4 Å². The van der Waals surface area contributed by atoms with Gasteiger partial charge in [0, 0.05) is 0 Å². The molecule has 0 aliphatic carbocycles. The van der Waals surface area contributed by atoms with Crippen molar-refractivity contribution < 1.29 is 0 Å². The first kappa shape index (κ1) is 5.96. The highest BCUT2D eigenvalue weighted by atomic mass is 16.3. The zero-order chi connectivity index (χ0) is 7.68. The smallest absolute Gasteiger partial charge is 0.142 e. The first-order chi connectivity index (χ1) is 5.42. The number of nitroso groups, excluding NO2 is 1. The van der Waals surface area contributed by atoms with Gasteiger partial charge < -0.3 is 0 Å². The van der Waals surface area contributed by atoms with E-state index in [1.807, 2.05) is 0 Å². The summed E-state index contributed by atoms with van der Waals surface area (Å²) in [5, 5.41) is 12.8. The van der Waals surface area contributed by atoms with Crippen molar-refractivity contribution in [2.24, 2.45) is 5.18 Å². The van der Waals surface area contributed by atoms with Crippen molar-refractivity contribution in [3.63, 3.8) is 0 Å². The first-order valence-electron chi connectivity index (χ1n) is 3.04. The standard InChI is InChI=1S/C6H4N4O/c11-9-5-3-1-2-4-6(5)8-10-7-4/h1-3H,(H,7,8,10). The molecule has 5 heteroatoms. The van der Waals surface area contributed by atoms with Gasteiger partial charge in [-0.1, -0.05) is 6.07 Å². The Morgan fingerprint density at radius 1 is 1.36 bits per heavy atom. The molecule has 1 aromatic heterocycles. The van der Waals surface area contributed by atoms with Crippen LogP contribution in [0.1, 0.15) is 0 Å². The van der Waals surface area contributed by atoms with Gasteiger partial charge in [0.2, 0.25) is 0 Å². The van der Waals surface area contributed by atoms with Gasteiger partial charge in [0.05, 0.1) is 0 Å². The number of benzene rings is 1. The van der Waals surface area contributed by atoms with E-state index < -0.39 is 0 Å². The summed E-state index contributed by atoms with van der Waals surface area (Å²) >= 11 is 0. The minimum Gasteiger partial charge on any atom is -0.197 e. The van der Waals surface area contributed by atoms with Gasteiger partial charge >= 0.3 is 0 Å². The van der Waals surface area contributed by atoms with E-state index in [2.05, 4.69) is 20.6 Å². The van der Waals surface area contributed by atoms with Gasteiger partial charge in [-0.15, -0.1) is 4.91 Å². The first-order valence-corrected chi connectivity index (χ1v) is 3.04. The second kappa shape index (κ2) is 2.12. The van der Waals surface area contributed by atoms with Crippen LogP contribution in [0.3, 0.4) is 0 Å². The second-order valence-corrected chi connectivity index (χ2v) is 2.06. The summed E-state index contributed by atoms with van der Waals surface area (Å²) in [7, 11) is 0. The maximum atomic E-state index is 10.2. The zero-order valence-electron chi connectivity index (χ0n) is 5.48. The molecule has 0 amide bonds. The molecule has 0 aliphatic heterocycles. The van der Waals surface area contributed by atoms with Crippen molar-refractivity contribution in [2.45, 2.75) is 0 Å². The molecule has 2 rings (SSSR count). The number of nitrogens with one attached hydrogen (secondary N) is 1. The molecule has 1 N–H and O–H groups in total. The minimum absolute atomic E-state index is 0.316. The summed E-state index contributed by atoms with van der Waals surface area (Å²) in [5.74, 6) is 0. The second-order valence-electron chi connectivity index (χ2n) is 2.06. The lowest BCUT2D eigenvalue weighted by Gasteiger charge is -1.85. The summed E-state index contributed by atoms with van der Waals surface area (Å²) in [6.45, 7) is 0. The number of hydrogen-bond acceptors (Lipinski definition) is 4. The summed E-state index contributed by atoms with van der Waals surface area (Å²) in [5.41, 5.74) is 1.49. The number of rotatable bonds is 1. The molecule has 0 saturated carbocycles. The van der Waals surface area contributed by atoms with Crippen LogP contribution in [0.4, 0.5) is 5.69 Å². The average Bonchev–Trinajstić information content (AvgIpc) is 2.50. The number of aromatic amines is 1. The van der Waals surface area contributed by atoms with Gasteiger partial charge in [0.25, 0.3) is 0 Å². The number of para-hydroxylation sites is 1. The largest absolute Gasteiger partial charge is 0.197 e. The van der Waals surface area contributed by atoms with Gasteiger partial charge in [-0.2, -0.15) is 15.4 Å². The molecule has 0 spiro atoms. The van der Waals surface area contributed by atoms with Gasteiger partial charge in [0.1, 0.15) is 16.7 Å². The van der Waals surface area contributed by atoms with Crippen LogP contribution in [0, 0.1) is 4.91 Å². The minimum atomic E-state index is 0.316. The Bertz CT molecular complexity index is 394. The normalized spacial score (nSPS) is 10.2. The number of hydrogen-bond donors (Lipinski definition) is 1. The predicted octanol–water partition coefficient (Wildman–Crippen LogP) is 1.36. The Balaban J connectivity index is 2.88. The molecular weight excluding hydrogens is 144 g/mol. The molecule has 11 heavy (non-hydrogen) atoms. The summed E-state index contributed by atoms with van der Waals surface area (Å²) in [6.07, 6.45) is 0.